The summed E-state index contributed by atoms with van der Waals surface area (Å²) in [6.45, 7) is 8.42. The standard InChI is InChI=1S/C15H25N3O2.HI/c1-11-8-13(12(2)20-11)9-17-14(16-4)18-10-15(3)6-5-7-19-15;/h8H,5-7,9-10H2,1-4H3,(H2,16,17,18);1H. The van der Waals surface area contributed by atoms with E-state index in [0.717, 1.165) is 49.0 Å². The van der Waals surface area contributed by atoms with E-state index < -0.39 is 0 Å². The van der Waals surface area contributed by atoms with E-state index in [1.54, 1.807) is 7.05 Å². The Bertz CT molecular complexity index is 479. The van der Waals surface area contributed by atoms with Crippen LogP contribution in [-0.4, -0.2) is 31.8 Å². The van der Waals surface area contributed by atoms with Crippen molar-refractivity contribution in [1.29, 1.82) is 0 Å². The molecule has 1 saturated heterocycles. The molecule has 1 aliphatic rings. The Morgan fingerprint density at radius 2 is 2.14 bits per heavy atom. The van der Waals surface area contributed by atoms with Crippen molar-refractivity contribution in [2.24, 2.45) is 4.99 Å². The smallest absolute Gasteiger partial charge is 0.191 e. The van der Waals surface area contributed by atoms with Crippen LogP contribution in [0.4, 0.5) is 0 Å². The highest BCUT2D eigenvalue weighted by Gasteiger charge is 2.29. The van der Waals surface area contributed by atoms with E-state index in [4.69, 9.17) is 9.15 Å². The van der Waals surface area contributed by atoms with E-state index >= 15 is 0 Å². The van der Waals surface area contributed by atoms with Crippen LogP contribution in [0.5, 0.6) is 0 Å². The fraction of sp³-hybridized carbons (Fsp3) is 0.667. The van der Waals surface area contributed by atoms with E-state index in [1.165, 1.54) is 0 Å². The van der Waals surface area contributed by atoms with Crippen LogP contribution in [0.3, 0.4) is 0 Å². The van der Waals surface area contributed by atoms with Crippen LogP contribution in [0.25, 0.3) is 0 Å². The number of ether oxygens (including phenoxy) is 1. The summed E-state index contributed by atoms with van der Waals surface area (Å²) >= 11 is 0. The summed E-state index contributed by atoms with van der Waals surface area (Å²) in [5, 5.41) is 6.64. The first-order valence-electron chi connectivity index (χ1n) is 7.17. The molecule has 1 atom stereocenters. The third-order valence-electron chi connectivity index (χ3n) is 3.74. The first-order valence-corrected chi connectivity index (χ1v) is 7.17. The van der Waals surface area contributed by atoms with E-state index in [-0.39, 0.29) is 29.6 Å². The quantitative estimate of drug-likeness (QED) is 0.458. The lowest BCUT2D eigenvalue weighted by molar-refractivity contribution is 0.0243. The van der Waals surface area contributed by atoms with Crippen LogP contribution in [0.1, 0.15) is 36.8 Å². The molecular weight excluding hydrogens is 381 g/mol. The number of furan rings is 1. The van der Waals surface area contributed by atoms with Crippen molar-refractivity contribution in [3.05, 3.63) is 23.2 Å². The monoisotopic (exact) mass is 407 g/mol. The normalized spacial score (nSPS) is 22.0. The zero-order valence-corrected chi connectivity index (χ0v) is 15.6. The van der Waals surface area contributed by atoms with Crippen molar-refractivity contribution in [3.63, 3.8) is 0 Å². The minimum atomic E-state index is -0.0697. The van der Waals surface area contributed by atoms with Crippen molar-refractivity contribution in [1.82, 2.24) is 10.6 Å². The van der Waals surface area contributed by atoms with Crippen molar-refractivity contribution in [2.75, 3.05) is 20.2 Å². The van der Waals surface area contributed by atoms with Gasteiger partial charge < -0.3 is 19.8 Å². The molecule has 21 heavy (non-hydrogen) atoms. The molecule has 5 nitrogen and oxygen atoms in total. The molecule has 1 aromatic heterocycles. The number of aryl methyl sites for hydroxylation is 2. The van der Waals surface area contributed by atoms with Gasteiger partial charge in [0.05, 0.1) is 5.60 Å². The second-order valence-electron chi connectivity index (χ2n) is 5.62. The van der Waals surface area contributed by atoms with Crippen LogP contribution in [-0.2, 0) is 11.3 Å². The molecular formula is C15H26IN3O2. The molecule has 6 heteroatoms. The van der Waals surface area contributed by atoms with Crippen molar-refractivity contribution in [2.45, 2.75) is 45.8 Å². The molecule has 1 aliphatic heterocycles. The highest BCUT2D eigenvalue weighted by atomic mass is 127. The number of halogens is 1. The predicted molar refractivity (Wildman–Crippen MR) is 95.4 cm³/mol. The second kappa shape index (κ2) is 8.03. The highest BCUT2D eigenvalue weighted by molar-refractivity contribution is 14.0. The molecule has 2 heterocycles. The van der Waals surface area contributed by atoms with Crippen LogP contribution < -0.4 is 10.6 Å². The largest absolute Gasteiger partial charge is 0.466 e. The molecule has 0 aliphatic carbocycles. The summed E-state index contributed by atoms with van der Waals surface area (Å²) in [6, 6.07) is 2.05. The van der Waals surface area contributed by atoms with Crippen molar-refractivity contribution >= 4 is 29.9 Å². The van der Waals surface area contributed by atoms with Gasteiger partial charge in [-0.25, -0.2) is 0 Å². The third-order valence-corrected chi connectivity index (χ3v) is 3.74. The first kappa shape index (κ1) is 18.3. The summed E-state index contributed by atoms with van der Waals surface area (Å²) in [7, 11) is 1.78. The third kappa shape index (κ3) is 5.18. The summed E-state index contributed by atoms with van der Waals surface area (Å²) in [5.74, 6) is 2.69. The number of nitrogens with zero attached hydrogens (tertiary/aromatic N) is 1. The average Bonchev–Trinajstić information content (AvgIpc) is 2.97. The second-order valence-corrected chi connectivity index (χ2v) is 5.62. The summed E-state index contributed by atoms with van der Waals surface area (Å²) < 4.78 is 11.3. The maximum Gasteiger partial charge on any atom is 0.191 e. The van der Waals surface area contributed by atoms with Gasteiger partial charge in [-0.05, 0) is 39.7 Å². The Morgan fingerprint density at radius 1 is 1.38 bits per heavy atom. The van der Waals surface area contributed by atoms with Crippen molar-refractivity contribution < 1.29 is 9.15 Å². The molecule has 1 aromatic rings. The van der Waals surface area contributed by atoms with E-state index in [0.29, 0.717) is 6.54 Å². The molecule has 120 valence electrons. The van der Waals surface area contributed by atoms with Gasteiger partial charge in [-0.2, -0.15) is 0 Å². The zero-order valence-electron chi connectivity index (χ0n) is 13.3. The lowest BCUT2D eigenvalue weighted by Gasteiger charge is -2.24. The molecule has 0 spiro atoms. The van der Waals surface area contributed by atoms with E-state index in [9.17, 15) is 0 Å². The number of hydrogen-bond donors (Lipinski definition) is 2. The fourth-order valence-electron chi connectivity index (χ4n) is 2.51. The Labute approximate surface area is 143 Å². The SMILES string of the molecule is CN=C(NCc1cc(C)oc1C)NCC1(C)CCCO1.I. The van der Waals surface area contributed by atoms with Gasteiger partial charge >= 0.3 is 0 Å². The zero-order chi connectivity index (χ0) is 14.6. The van der Waals surface area contributed by atoms with E-state index in [1.807, 2.05) is 13.8 Å². The topological polar surface area (TPSA) is 58.8 Å². The maximum atomic E-state index is 5.76. The lowest BCUT2D eigenvalue weighted by atomic mass is 10.0. The predicted octanol–water partition coefficient (Wildman–Crippen LogP) is 2.75. The number of aliphatic imine (C=N–C) groups is 1. The highest BCUT2D eigenvalue weighted by Crippen LogP contribution is 2.23. The molecule has 0 aromatic carbocycles. The Balaban J connectivity index is 0.00000220. The Morgan fingerprint density at radius 3 is 2.67 bits per heavy atom. The molecule has 0 amide bonds. The number of guanidine groups is 1. The summed E-state index contributed by atoms with van der Waals surface area (Å²) in [5.41, 5.74) is 1.09. The van der Waals surface area contributed by atoms with Gasteiger partial charge in [-0.1, -0.05) is 0 Å². The van der Waals surface area contributed by atoms with Gasteiger partial charge in [-0.3, -0.25) is 4.99 Å². The lowest BCUT2D eigenvalue weighted by Crippen LogP contribution is -2.45. The first-order chi connectivity index (χ1) is 9.52. The van der Waals surface area contributed by atoms with E-state index in [2.05, 4.69) is 28.6 Å². The Kier molecular flexibility index (Phi) is 6.99. The van der Waals surface area contributed by atoms with Gasteiger partial charge in [0.1, 0.15) is 11.5 Å². The van der Waals surface area contributed by atoms with Crippen LogP contribution in [0.2, 0.25) is 0 Å². The molecule has 2 rings (SSSR count). The molecule has 0 saturated carbocycles. The minimum absolute atomic E-state index is 0. The van der Waals surface area contributed by atoms with Gasteiger partial charge in [0.2, 0.25) is 0 Å². The number of rotatable bonds is 4. The van der Waals surface area contributed by atoms with Gasteiger partial charge in [-0.15, -0.1) is 24.0 Å². The average molecular weight is 407 g/mol. The van der Waals surface area contributed by atoms with Crippen LogP contribution in [0.15, 0.2) is 15.5 Å². The molecule has 0 radical (unpaired) electrons. The van der Waals surface area contributed by atoms with Crippen molar-refractivity contribution in [3.8, 4) is 0 Å². The maximum absolute atomic E-state index is 5.76. The molecule has 1 fully saturated rings. The molecule has 2 N–H and O–H groups in total. The van der Waals surface area contributed by atoms with Gasteiger partial charge in [0.25, 0.3) is 0 Å². The Hall–Kier alpha value is -0.760. The van der Waals surface area contributed by atoms with Crippen LogP contribution in [0, 0.1) is 13.8 Å². The summed E-state index contributed by atoms with van der Waals surface area (Å²) in [4.78, 5) is 4.24. The summed E-state index contributed by atoms with van der Waals surface area (Å²) in [6.07, 6.45) is 2.23. The van der Waals surface area contributed by atoms with Gasteiger partial charge in [0, 0.05) is 32.3 Å². The number of nitrogens with one attached hydrogen (secondary N) is 2. The number of hydrogen-bond acceptors (Lipinski definition) is 3. The van der Waals surface area contributed by atoms with Gasteiger partial charge in [0.15, 0.2) is 5.96 Å². The molecule has 1 unspecified atom stereocenters. The fourth-order valence-corrected chi connectivity index (χ4v) is 2.51. The molecule has 0 bridgehead atoms. The minimum Gasteiger partial charge on any atom is -0.466 e. The van der Waals surface area contributed by atoms with Crippen LogP contribution >= 0.6 is 24.0 Å².